The second-order valence-corrected chi connectivity index (χ2v) is 8.52. The molecule has 1 unspecified atom stereocenters. The molecule has 0 aliphatic carbocycles. The zero-order valence-electron chi connectivity index (χ0n) is 17.2. The highest BCUT2D eigenvalue weighted by Gasteiger charge is 2.29. The lowest BCUT2D eigenvalue weighted by Gasteiger charge is -2.14. The van der Waals surface area contributed by atoms with Gasteiger partial charge in [0, 0.05) is 6.20 Å². The standard InChI is InChI=1S/C19H24BrN3O5S/c1-7-27-19(26)15-10(4)14(18(25)28-9(2)3)17(29-15)21-16(24)12(6)23-8-13(20)11(5)22-23/h8-9,12H,7H2,1-6H3,(H,21,24). The Bertz CT molecular complexity index is 915. The molecule has 8 nitrogen and oxygen atoms in total. The van der Waals surface area contributed by atoms with Crippen molar-refractivity contribution in [1.29, 1.82) is 0 Å². The van der Waals surface area contributed by atoms with Gasteiger partial charge in [-0.05, 0) is 63.0 Å². The third-order valence-electron chi connectivity index (χ3n) is 4.02. The minimum atomic E-state index is -0.637. The molecule has 2 aromatic rings. The Morgan fingerprint density at radius 1 is 1.24 bits per heavy atom. The highest BCUT2D eigenvalue weighted by Crippen LogP contribution is 2.35. The molecule has 158 valence electrons. The lowest BCUT2D eigenvalue weighted by molar-refractivity contribution is -0.119. The molecule has 1 amide bonds. The summed E-state index contributed by atoms with van der Waals surface area (Å²) in [6.45, 7) is 10.5. The van der Waals surface area contributed by atoms with E-state index in [2.05, 4.69) is 26.3 Å². The van der Waals surface area contributed by atoms with Crippen LogP contribution in [0.5, 0.6) is 0 Å². The number of esters is 2. The first-order chi connectivity index (χ1) is 13.6. The van der Waals surface area contributed by atoms with Gasteiger partial charge in [-0.15, -0.1) is 11.3 Å². The summed E-state index contributed by atoms with van der Waals surface area (Å²) in [5, 5.41) is 7.28. The number of carbonyl (C=O) groups excluding carboxylic acids is 3. The van der Waals surface area contributed by atoms with Crippen LogP contribution in [0, 0.1) is 13.8 Å². The van der Waals surface area contributed by atoms with E-state index >= 15 is 0 Å². The summed E-state index contributed by atoms with van der Waals surface area (Å²) >= 11 is 4.36. The average Bonchev–Trinajstić information content (AvgIpc) is 3.13. The Kier molecular flexibility index (Phi) is 7.59. The molecule has 2 rings (SSSR count). The first-order valence-corrected chi connectivity index (χ1v) is 10.7. The number of ether oxygens (including phenoxy) is 2. The Hall–Kier alpha value is -2.20. The van der Waals surface area contributed by atoms with Gasteiger partial charge in [0.1, 0.15) is 15.9 Å². The zero-order valence-corrected chi connectivity index (χ0v) is 19.6. The number of halogens is 1. The lowest BCUT2D eigenvalue weighted by Crippen LogP contribution is -2.25. The number of amides is 1. The van der Waals surface area contributed by atoms with Gasteiger partial charge in [-0.3, -0.25) is 9.48 Å². The van der Waals surface area contributed by atoms with Gasteiger partial charge in [0.25, 0.3) is 0 Å². The molecular weight excluding hydrogens is 462 g/mol. The van der Waals surface area contributed by atoms with Crippen molar-refractivity contribution < 1.29 is 23.9 Å². The van der Waals surface area contributed by atoms with Crippen LogP contribution in [0.4, 0.5) is 5.00 Å². The summed E-state index contributed by atoms with van der Waals surface area (Å²) in [6, 6.07) is -0.637. The van der Waals surface area contributed by atoms with Gasteiger partial charge in [0.05, 0.1) is 28.4 Å². The highest BCUT2D eigenvalue weighted by atomic mass is 79.9. The van der Waals surface area contributed by atoms with E-state index in [0.717, 1.165) is 21.5 Å². The van der Waals surface area contributed by atoms with Crippen molar-refractivity contribution in [1.82, 2.24) is 9.78 Å². The molecule has 10 heteroatoms. The van der Waals surface area contributed by atoms with Gasteiger partial charge in [-0.2, -0.15) is 5.10 Å². The van der Waals surface area contributed by atoms with E-state index in [1.165, 1.54) is 4.68 Å². The Morgan fingerprint density at radius 2 is 1.90 bits per heavy atom. The number of aryl methyl sites for hydroxylation is 1. The van der Waals surface area contributed by atoms with E-state index in [9.17, 15) is 14.4 Å². The predicted octanol–water partition coefficient (Wildman–Crippen LogP) is 4.27. The molecule has 2 heterocycles. The highest BCUT2D eigenvalue weighted by molar-refractivity contribution is 9.10. The van der Waals surface area contributed by atoms with E-state index in [4.69, 9.17) is 9.47 Å². The van der Waals surface area contributed by atoms with Gasteiger partial charge in [0.15, 0.2) is 0 Å². The molecule has 29 heavy (non-hydrogen) atoms. The third kappa shape index (κ3) is 5.24. The van der Waals surface area contributed by atoms with Crippen LogP contribution in [0.15, 0.2) is 10.7 Å². The predicted molar refractivity (Wildman–Crippen MR) is 114 cm³/mol. The first kappa shape index (κ1) is 23.1. The molecule has 2 aromatic heterocycles. The molecule has 0 saturated heterocycles. The fraction of sp³-hybridized carbons (Fsp3) is 0.474. The van der Waals surface area contributed by atoms with Crippen LogP contribution < -0.4 is 5.32 Å². The number of hydrogen-bond donors (Lipinski definition) is 1. The number of rotatable bonds is 7. The van der Waals surface area contributed by atoms with Gasteiger partial charge < -0.3 is 14.8 Å². The Balaban J connectivity index is 2.38. The fourth-order valence-electron chi connectivity index (χ4n) is 2.51. The van der Waals surface area contributed by atoms with Crippen LogP contribution in [-0.4, -0.2) is 40.3 Å². The lowest BCUT2D eigenvalue weighted by atomic mass is 10.1. The number of nitrogens with one attached hydrogen (secondary N) is 1. The number of aromatic nitrogens is 2. The van der Waals surface area contributed by atoms with Crippen molar-refractivity contribution in [3.63, 3.8) is 0 Å². The van der Waals surface area contributed by atoms with Crippen molar-refractivity contribution >= 4 is 50.1 Å². The Labute approximate surface area is 181 Å². The van der Waals surface area contributed by atoms with Crippen molar-refractivity contribution in [2.45, 2.75) is 53.7 Å². The van der Waals surface area contributed by atoms with Gasteiger partial charge in [-0.25, -0.2) is 9.59 Å². The number of thiophene rings is 1. The number of nitrogens with zero attached hydrogens (tertiary/aromatic N) is 2. The van der Waals surface area contributed by atoms with Crippen LogP contribution >= 0.6 is 27.3 Å². The number of anilines is 1. The van der Waals surface area contributed by atoms with Crippen molar-refractivity contribution in [2.24, 2.45) is 0 Å². The van der Waals surface area contributed by atoms with Crippen LogP contribution in [0.1, 0.15) is 65.0 Å². The van der Waals surface area contributed by atoms with Gasteiger partial charge in [-0.1, -0.05) is 0 Å². The Morgan fingerprint density at radius 3 is 2.41 bits per heavy atom. The second-order valence-electron chi connectivity index (χ2n) is 6.64. The van der Waals surface area contributed by atoms with E-state index < -0.39 is 18.0 Å². The largest absolute Gasteiger partial charge is 0.462 e. The molecule has 0 bridgehead atoms. The van der Waals surface area contributed by atoms with E-state index in [-0.39, 0.29) is 34.1 Å². The normalized spacial score (nSPS) is 12.0. The van der Waals surface area contributed by atoms with Crippen LogP contribution in [0.3, 0.4) is 0 Å². The summed E-state index contributed by atoms with van der Waals surface area (Å²) < 4.78 is 12.7. The molecule has 1 atom stereocenters. The van der Waals surface area contributed by atoms with Crippen LogP contribution in [0.25, 0.3) is 0 Å². The quantitative estimate of drug-likeness (QED) is 0.587. The molecule has 0 radical (unpaired) electrons. The smallest absolute Gasteiger partial charge is 0.348 e. The fourth-order valence-corrected chi connectivity index (χ4v) is 3.89. The summed E-state index contributed by atoms with van der Waals surface area (Å²) in [5.74, 6) is -1.53. The van der Waals surface area contributed by atoms with E-state index in [1.54, 1.807) is 40.8 Å². The molecule has 0 saturated carbocycles. The van der Waals surface area contributed by atoms with Gasteiger partial charge >= 0.3 is 11.9 Å². The molecule has 0 aromatic carbocycles. The van der Waals surface area contributed by atoms with Crippen LogP contribution in [-0.2, 0) is 14.3 Å². The zero-order chi connectivity index (χ0) is 21.9. The molecule has 0 aliphatic heterocycles. The molecule has 0 aliphatic rings. The van der Waals surface area contributed by atoms with E-state index in [0.29, 0.717) is 5.56 Å². The SMILES string of the molecule is CCOC(=O)c1sc(NC(=O)C(C)n2cc(Br)c(C)n2)c(C(=O)OC(C)C)c1C. The monoisotopic (exact) mass is 485 g/mol. The minimum absolute atomic E-state index is 0.158. The first-order valence-electron chi connectivity index (χ1n) is 9.10. The van der Waals surface area contributed by atoms with E-state index in [1.807, 2.05) is 6.92 Å². The third-order valence-corrected chi connectivity index (χ3v) is 5.99. The molecule has 0 fully saturated rings. The summed E-state index contributed by atoms with van der Waals surface area (Å²) in [5.41, 5.74) is 1.33. The molecule has 1 N–H and O–H groups in total. The molecular formula is C19H24BrN3O5S. The summed E-state index contributed by atoms with van der Waals surface area (Å²) in [4.78, 5) is 37.9. The summed E-state index contributed by atoms with van der Waals surface area (Å²) in [6.07, 6.45) is 1.36. The topological polar surface area (TPSA) is 99.5 Å². The van der Waals surface area contributed by atoms with Crippen LogP contribution in [0.2, 0.25) is 0 Å². The maximum atomic E-state index is 12.8. The maximum Gasteiger partial charge on any atom is 0.348 e. The van der Waals surface area contributed by atoms with Gasteiger partial charge in [0.2, 0.25) is 5.91 Å². The number of carbonyl (C=O) groups is 3. The van der Waals surface area contributed by atoms with Crippen molar-refractivity contribution in [2.75, 3.05) is 11.9 Å². The summed E-state index contributed by atoms with van der Waals surface area (Å²) in [7, 11) is 0. The molecule has 0 spiro atoms. The van der Waals surface area contributed by atoms with Crippen molar-refractivity contribution in [3.8, 4) is 0 Å². The minimum Gasteiger partial charge on any atom is -0.462 e. The second kappa shape index (κ2) is 9.53. The van der Waals surface area contributed by atoms with Crippen molar-refractivity contribution in [3.05, 3.63) is 32.4 Å². The maximum absolute atomic E-state index is 12.8. The number of hydrogen-bond acceptors (Lipinski definition) is 7. The average molecular weight is 486 g/mol.